The number of para-hydroxylation sites is 1. The van der Waals surface area contributed by atoms with Gasteiger partial charge in [-0.05, 0) is 51.2 Å². The third kappa shape index (κ3) is 4.81. The van der Waals surface area contributed by atoms with E-state index in [4.69, 9.17) is 4.74 Å². The van der Waals surface area contributed by atoms with Gasteiger partial charge in [0.05, 0.1) is 0 Å². The number of carbonyl (C=O) groups excluding carboxylic acids is 1. The maximum absolute atomic E-state index is 12.0. The van der Waals surface area contributed by atoms with Crippen molar-refractivity contribution >= 4 is 23.0 Å². The first-order valence-electron chi connectivity index (χ1n) is 9.52. The van der Waals surface area contributed by atoms with Gasteiger partial charge in [-0.15, -0.1) is 0 Å². The lowest BCUT2D eigenvalue weighted by molar-refractivity contribution is -0.139. The first-order chi connectivity index (χ1) is 12.7. The molecule has 0 aliphatic heterocycles. The first-order valence-corrected chi connectivity index (χ1v) is 9.52. The topological polar surface area (TPSA) is 80.6 Å². The van der Waals surface area contributed by atoms with Gasteiger partial charge in [-0.25, -0.2) is 9.59 Å². The zero-order valence-corrected chi connectivity index (χ0v) is 16.2. The molecule has 6 nitrogen and oxygen atoms in total. The van der Waals surface area contributed by atoms with Crippen LogP contribution in [-0.4, -0.2) is 33.4 Å². The van der Waals surface area contributed by atoms with E-state index in [1.807, 2.05) is 24.4 Å². The number of aliphatic carboxylic acids is 1. The molecule has 1 aromatic carbocycles. The third-order valence-corrected chi connectivity index (χ3v) is 4.96. The van der Waals surface area contributed by atoms with Crippen molar-refractivity contribution in [2.45, 2.75) is 64.6 Å². The van der Waals surface area contributed by atoms with E-state index >= 15 is 0 Å². The first kappa shape index (κ1) is 19.3. The molecule has 0 unspecified atom stereocenters. The molecule has 146 valence electrons. The Hall–Kier alpha value is -2.50. The average molecular weight is 372 g/mol. The molecule has 3 rings (SSSR count). The maximum Gasteiger partial charge on any atom is 0.408 e. The van der Waals surface area contributed by atoms with E-state index in [2.05, 4.69) is 16.0 Å². The highest BCUT2D eigenvalue weighted by Gasteiger charge is 2.26. The summed E-state index contributed by atoms with van der Waals surface area (Å²) in [7, 11) is 0. The number of carboxylic acid groups (broad SMARTS) is 1. The van der Waals surface area contributed by atoms with Crippen molar-refractivity contribution in [3.8, 4) is 0 Å². The highest BCUT2D eigenvalue weighted by molar-refractivity contribution is 5.86. The maximum atomic E-state index is 12.0. The molecule has 1 saturated carbocycles. The summed E-state index contributed by atoms with van der Waals surface area (Å²) in [5, 5.41) is 13.1. The molecule has 2 N–H and O–H groups in total. The summed E-state index contributed by atoms with van der Waals surface area (Å²) in [5.74, 6) is -0.375. The molecule has 1 atom stereocenters. The van der Waals surface area contributed by atoms with E-state index in [0.29, 0.717) is 5.92 Å². The lowest BCUT2D eigenvalue weighted by Crippen LogP contribution is -2.44. The van der Waals surface area contributed by atoms with E-state index in [0.717, 1.165) is 23.0 Å². The number of carboxylic acids is 1. The third-order valence-electron chi connectivity index (χ3n) is 4.96. The van der Waals surface area contributed by atoms with Crippen molar-refractivity contribution in [3.63, 3.8) is 0 Å². The van der Waals surface area contributed by atoms with Gasteiger partial charge in [0.2, 0.25) is 0 Å². The quantitative estimate of drug-likeness (QED) is 0.804. The highest BCUT2D eigenvalue weighted by atomic mass is 16.6. The number of alkyl carbamates (subject to hydrolysis) is 1. The van der Waals surface area contributed by atoms with Crippen LogP contribution in [0.15, 0.2) is 30.5 Å². The van der Waals surface area contributed by atoms with Crippen LogP contribution in [0.1, 0.15) is 45.6 Å². The highest BCUT2D eigenvalue weighted by Crippen LogP contribution is 2.31. The zero-order valence-electron chi connectivity index (χ0n) is 16.2. The zero-order chi connectivity index (χ0) is 19.6. The van der Waals surface area contributed by atoms with Gasteiger partial charge < -0.3 is 19.7 Å². The molecule has 1 heterocycles. The number of rotatable bonds is 6. The average Bonchev–Trinajstić information content (AvgIpc) is 2.86. The van der Waals surface area contributed by atoms with Crippen LogP contribution in [0.3, 0.4) is 0 Å². The van der Waals surface area contributed by atoms with Gasteiger partial charge in [0.15, 0.2) is 0 Å². The fourth-order valence-corrected chi connectivity index (χ4v) is 3.46. The molecule has 2 aromatic rings. The van der Waals surface area contributed by atoms with Crippen molar-refractivity contribution in [3.05, 3.63) is 36.0 Å². The van der Waals surface area contributed by atoms with Crippen LogP contribution in [0, 0.1) is 5.92 Å². The molecule has 1 aliphatic carbocycles. The minimum Gasteiger partial charge on any atom is -0.480 e. The van der Waals surface area contributed by atoms with E-state index in [1.165, 1.54) is 19.3 Å². The van der Waals surface area contributed by atoms with E-state index < -0.39 is 23.7 Å². The van der Waals surface area contributed by atoms with Crippen molar-refractivity contribution in [1.29, 1.82) is 0 Å². The molecule has 0 saturated heterocycles. The Kier molecular flexibility index (Phi) is 5.44. The summed E-state index contributed by atoms with van der Waals surface area (Å²) in [5.41, 5.74) is 1.36. The summed E-state index contributed by atoms with van der Waals surface area (Å²) in [6.07, 6.45) is 5.33. The SMILES string of the molecule is CC(C)(C)OC(=O)N[C@H](Cc1cn(CC2CCC2)c2ccccc12)C(=O)O. The van der Waals surface area contributed by atoms with Gasteiger partial charge >= 0.3 is 12.1 Å². The summed E-state index contributed by atoms with van der Waals surface area (Å²) in [6, 6.07) is 6.99. The van der Waals surface area contributed by atoms with Crippen molar-refractivity contribution < 1.29 is 19.4 Å². The fraction of sp³-hybridized carbons (Fsp3) is 0.524. The Morgan fingerprint density at radius 1 is 1.30 bits per heavy atom. The van der Waals surface area contributed by atoms with Crippen molar-refractivity contribution in [1.82, 2.24) is 9.88 Å². The van der Waals surface area contributed by atoms with Gasteiger partial charge in [-0.3, -0.25) is 0 Å². The lowest BCUT2D eigenvalue weighted by Gasteiger charge is -2.26. The van der Waals surface area contributed by atoms with Gasteiger partial charge in [-0.2, -0.15) is 0 Å². The second kappa shape index (κ2) is 7.62. The van der Waals surface area contributed by atoms with Crippen LogP contribution in [0.2, 0.25) is 0 Å². The number of hydrogen-bond acceptors (Lipinski definition) is 3. The van der Waals surface area contributed by atoms with Crippen LogP contribution in [0.4, 0.5) is 4.79 Å². The predicted molar refractivity (Wildman–Crippen MR) is 104 cm³/mol. The largest absolute Gasteiger partial charge is 0.480 e. The summed E-state index contributed by atoms with van der Waals surface area (Å²) < 4.78 is 7.43. The Morgan fingerprint density at radius 3 is 2.59 bits per heavy atom. The van der Waals surface area contributed by atoms with Gasteiger partial charge in [0.25, 0.3) is 0 Å². The number of aromatic nitrogens is 1. The van der Waals surface area contributed by atoms with Crippen LogP contribution in [0.25, 0.3) is 10.9 Å². The fourth-order valence-electron chi connectivity index (χ4n) is 3.46. The molecule has 1 aromatic heterocycles. The van der Waals surface area contributed by atoms with Gasteiger partial charge in [0, 0.05) is 30.1 Å². The number of amides is 1. The Morgan fingerprint density at radius 2 is 2.00 bits per heavy atom. The summed E-state index contributed by atoms with van der Waals surface area (Å²) in [6.45, 7) is 6.20. The Labute approximate surface area is 159 Å². The van der Waals surface area contributed by atoms with Gasteiger partial charge in [-0.1, -0.05) is 24.6 Å². The molecular weight excluding hydrogens is 344 g/mol. The molecule has 1 aliphatic rings. The number of ether oxygens (including phenoxy) is 1. The van der Waals surface area contributed by atoms with Crippen LogP contribution in [-0.2, 0) is 22.5 Å². The monoisotopic (exact) mass is 372 g/mol. The van der Waals surface area contributed by atoms with Crippen molar-refractivity contribution in [2.24, 2.45) is 5.92 Å². The normalized spacial score (nSPS) is 16.0. The van der Waals surface area contributed by atoms with Crippen molar-refractivity contribution in [2.75, 3.05) is 0 Å². The Bertz CT molecular complexity index is 830. The number of nitrogens with one attached hydrogen (secondary N) is 1. The molecule has 6 heteroatoms. The summed E-state index contributed by atoms with van der Waals surface area (Å²) >= 11 is 0. The number of hydrogen-bond donors (Lipinski definition) is 2. The van der Waals surface area contributed by atoms with E-state index in [9.17, 15) is 14.7 Å². The number of carbonyl (C=O) groups is 2. The molecule has 0 bridgehead atoms. The van der Waals surface area contributed by atoms with Crippen LogP contribution in [0.5, 0.6) is 0 Å². The molecule has 0 radical (unpaired) electrons. The van der Waals surface area contributed by atoms with Crippen LogP contribution < -0.4 is 5.32 Å². The number of benzene rings is 1. The number of fused-ring (bicyclic) bond motifs is 1. The summed E-state index contributed by atoms with van der Waals surface area (Å²) in [4.78, 5) is 23.7. The molecular formula is C21H28N2O4. The predicted octanol–water partition coefficient (Wildman–Crippen LogP) is 3.96. The minimum atomic E-state index is -1.07. The standard InChI is InChI=1S/C21H28N2O4/c1-21(2,3)27-20(26)22-17(19(24)25)11-15-13-23(12-14-7-6-8-14)18-10-5-4-9-16(15)18/h4-5,9-10,13-14,17H,6-8,11-12H2,1-3H3,(H,22,26)(H,24,25)/t17-/m1/s1. The Balaban J connectivity index is 1.80. The van der Waals surface area contributed by atoms with Gasteiger partial charge in [0.1, 0.15) is 11.6 Å². The number of nitrogens with zero attached hydrogens (tertiary/aromatic N) is 1. The smallest absolute Gasteiger partial charge is 0.408 e. The van der Waals surface area contributed by atoms with Crippen LogP contribution >= 0.6 is 0 Å². The molecule has 0 spiro atoms. The second-order valence-electron chi connectivity index (χ2n) is 8.36. The van der Waals surface area contributed by atoms with E-state index in [1.54, 1.807) is 20.8 Å². The molecule has 1 amide bonds. The van der Waals surface area contributed by atoms with E-state index in [-0.39, 0.29) is 6.42 Å². The second-order valence-corrected chi connectivity index (χ2v) is 8.36. The molecule has 27 heavy (non-hydrogen) atoms. The lowest BCUT2D eigenvalue weighted by atomic mass is 9.85. The molecule has 1 fully saturated rings. The minimum absolute atomic E-state index is 0.215.